The first-order valence-electron chi connectivity index (χ1n) is 6.85. The van der Waals surface area contributed by atoms with Crippen LogP contribution in [0.15, 0.2) is 47.5 Å². The van der Waals surface area contributed by atoms with Crippen molar-refractivity contribution in [1.82, 2.24) is 9.13 Å². The molecule has 0 aliphatic heterocycles. The van der Waals surface area contributed by atoms with Crippen molar-refractivity contribution in [2.24, 2.45) is 0 Å². The second-order valence-electron chi connectivity index (χ2n) is 4.61. The summed E-state index contributed by atoms with van der Waals surface area (Å²) in [7, 11) is 0. The number of rotatable bonds is 7. The van der Waals surface area contributed by atoms with Gasteiger partial charge in [-0.25, -0.2) is 4.79 Å². The molecule has 1 heterocycles. The maximum atomic E-state index is 11.9. The lowest BCUT2D eigenvalue weighted by molar-refractivity contribution is 0.589. The predicted octanol–water partition coefficient (Wildman–Crippen LogP) is 2.56. The van der Waals surface area contributed by atoms with Gasteiger partial charge in [0.05, 0.1) is 0 Å². The highest BCUT2D eigenvalue weighted by Gasteiger charge is 2.01. The van der Waals surface area contributed by atoms with E-state index in [1.807, 2.05) is 42.7 Å². The molecule has 4 heteroatoms. The SMILES string of the molecule is CCCn1ccn(CCCNc2ccccc2)c1=O. The van der Waals surface area contributed by atoms with E-state index in [0.717, 1.165) is 38.2 Å². The van der Waals surface area contributed by atoms with Crippen LogP contribution < -0.4 is 11.0 Å². The number of anilines is 1. The molecule has 0 saturated carbocycles. The fourth-order valence-electron chi connectivity index (χ4n) is 2.07. The van der Waals surface area contributed by atoms with E-state index in [2.05, 4.69) is 12.2 Å². The van der Waals surface area contributed by atoms with Crippen LogP contribution in [0.1, 0.15) is 19.8 Å². The Bertz CT molecular complexity index is 542. The number of aryl methyl sites for hydroxylation is 2. The number of hydrogen-bond acceptors (Lipinski definition) is 2. The lowest BCUT2D eigenvalue weighted by Gasteiger charge is -2.06. The lowest BCUT2D eigenvalue weighted by atomic mass is 10.3. The average molecular weight is 259 g/mol. The molecule has 0 saturated heterocycles. The molecule has 19 heavy (non-hydrogen) atoms. The topological polar surface area (TPSA) is 39.0 Å². The van der Waals surface area contributed by atoms with Crippen LogP contribution in [-0.2, 0) is 13.1 Å². The average Bonchev–Trinajstić information content (AvgIpc) is 2.78. The van der Waals surface area contributed by atoms with Gasteiger partial charge in [0.2, 0.25) is 0 Å². The molecular formula is C15H21N3O. The van der Waals surface area contributed by atoms with Gasteiger partial charge < -0.3 is 5.32 Å². The summed E-state index contributed by atoms with van der Waals surface area (Å²) in [5.74, 6) is 0. The Kier molecular flexibility index (Phi) is 4.84. The van der Waals surface area contributed by atoms with E-state index in [0.29, 0.717) is 0 Å². The summed E-state index contributed by atoms with van der Waals surface area (Å²) in [5, 5.41) is 3.34. The molecule has 2 aromatic rings. The van der Waals surface area contributed by atoms with Crippen LogP contribution in [0.25, 0.3) is 0 Å². The van der Waals surface area contributed by atoms with Gasteiger partial charge >= 0.3 is 5.69 Å². The summed E-state index contributed by atoms with van der Waals surface area (Å²) in [6.07, 6.45) is 5.67. The normalized spacial score (nSPS) is 10.6. The smallest absolute Gasteiger partial charge is 0.328 e. The van der Waals surface area contributed by atoms with Crippen LogP contribution in [0.4, 0.5) is 5.69 Å². The summed E-state index contributed by atoms with van der Waals surface area (Å²) in [4.78, 5) is 11.9. The zero-order chi connectivity index (χ0) is 13.5. The van der Waals surface area contributed by atoms with E-state index in [9.17, 15) is 4.79 Å². The van der Waals surface area contributed by atoms with Gasteiger partial charge in [-0.05, 0) is 25.0 Å². The van der Waals surface area contributed by atoms with Crippen LogP contribution in [0.2, 0.25) is 0 Å². The number of imidazole rings is 1. The minimum atomic E-state index is 0.0987. The second kappa shape index (κ2) is 6.83. The van der Waals surface area contributed by atoms with E-state index in [1.54, 1.807) is 9.13 Å². The van der Waals surface area contributed by atoms with Crippen molar-refractivity contribution in [3.8, 4) is 0 Å². The molecule has 0 aliphatic carbocycles. The molecule has 1 aromatic heterocycles. The fraction of sp³-hybridized carbons (Fsp3) is 0.400. The van der Waals surface area contributed by atoms with Crippen molar-refractivity contribution in [2.45, 2.75) is 32.9 Å². The van der Waals surface area contributed by atoms with Gasteiger partial charge in [-0.3, -0.25) is 9.13 Å². The molecule has 0 aliphatic rings. The van der Waals surface area contributed by atoms with Crippen molar-refractivity contribution < 1.29 is 0 Å². The van der Waals surface area contributed by atoms with E-state index < -0.39 is 0 Å². The number of benzene rings is 1. The predicted molar refractivity (Wildman–Crippen MR) is 78.5 cm³/mol. The van der Waals surface area contributed by atoms with Crippen LogP contribution in [0.5, 0.6) is 0 Å². The van der Waals surface area contributed by atoms with Crippen molar-refractivity contribution in [1.29, 1.82) is 0 Å². The number of para-hydroxylation sites is 1. The van der Waals surface area contributed by atoms with Crippen LogP contribution in [-0.4, -0.2) is 15.7 Å². The Morgan fingerprint density at radius 3 is 2.42 bits per heavy atom. The molecule has 0 spiro atoms. The lowest BCUT2D eigenvalue weighted by Crippen LogP contribution is -2.24. The Hall–Kier alpha value is -1.97. The van der Waals surface area contributed by atoms with Gasteiger partial charge in [0.1, 0.15) is 0 Å². The van der Waals surface area contributed by atoms with E-state index in [-0.39, 0.29) is 5.69 Å². The third kappa shape index (κ3) is 3.74. The first-order chi connectivity index (χ1) is 9.31. The Labute approximate surface area is 113 Å². The van der Waals surface area contributed by atoms with E-state index >= 15 is 0 Å². The van der Waals surface area contributed by atoms with Crippen molar-refractivity contribution in [3.63, 3.8) is 0 Å². The maximum Gasteiger partial charge on any atom is 0.328 e. The van der Waals surface area contributed by atoms with Gasteiger partial charge in [0, 0.05) is 37.7 Å². The highest BCUT2D eigenvalue weighted by Crippen LogP contribution is 2.04. The molecule has 0 fully saturated rings. The Morgan fingerprint density at radius 2 is 1.74 bits per heavy atom. The summed E-state index contributed by atoms with van der Waals surface area (Å²) in [6.45, 7) is 4.51. The zero-order valence-electron chi connectivity index (χ0n) is 11.4. The van der Waals surface area contributed by atoms with Gasteiger partial charge in [-0.15, -0.1) is 0 Å². The zero-order valence-corrected chi connectivity index (χ0v) is 11.4. The highest BCUT2D eigenvalue weighted by molar-refractivity contribution is 5.42. The number of aromatic nitrogens is 2. The monoisotopic (exact) mass is 259 g/mol. The molecule has 1 aromatic carbocycles. The quantitative estimate of drug-likeness (QED) is 0.776. The van der Waals surface area contributed by atoms with Gasteiger partial charge in [-0.2, -0.15) is 0 Å². The standard InChI is InChI=1S/C15H21N3O/c1-2-10-17-12-13-18(15(17)19)11-6-9-16-14-7-4-3-5-8-14/h3-5,7-8,12-13,16H,2,6,9-11H2,1H3. The number of hydrogen-bond donors (Lipinski definition) is 1. The Balaban J connectivity index is 1.78. The summed E-state index contributed by atoms with van der Waals surface area (Å²) < 4.78 is 3.55. The second-order valence-corrected chi connectivity index (χ2v) is 4.61. The van der Waals surface area contributed by atoms with Crippen LogP contribution in [0, 0.1) is 0 Å². The van der Waals surface area contributed by atoms with Crippen LogP contribution in [0.3, 0.4) is 0 Å². The minimum absolute atomic E-state index is 0.0987. The van der Waals surface area contributed by atoms with Gasteiger partial charge in [0.25, 0.3) is 0 Å². The van der Waals surface area contributed by atoms with Gasteiger partial charge in [0.15, 0.2) is 0 Å². The summed E-state index contributed by atoms with van der Waals surface area (Å²) in [5.41, 5.74) is 1.22. The number of nitrogens with one attached hydrogen (secondary N) is 1. The molecule has 2 rings (SSSR count). The molecule has 4 nitrogen and oxygen atoms in total. The first kappa shape index (κ1) is 13.5. The van der Waals surface area contributed by atoms with Crippen molar-refractivity contribution in [3.05, 3.63) is 53.2 Å². The van der Waals surface area contributed by atoms with Crippen molar-refractivity contribution in [2.75, 3.05) is 11.9 Å². The molecule has 102 valence electrons. The molecule has 0 bridgehead atoms. The Morgan fingerprint density at radius 1 is 1.05 bits per heavy atom. The highest BCUT2D eigenvalue weighted by atomic mass is 16.1. The third-order valence-corrected chi connectivity index (χ3v) is 3.06. The van der Waals surface area contributed by atoms with Gasteiger partial charge in [-0.1, -0.05) is 25.1 Å². The minimum Gasteiger partial charge on any atom is -0.385 e. The largest absolute Gasteiger partial charge is 0.385 e. The maximum absolute atomic E-state index is 11.9. The molecule has 0 amide bonds. The third-order valence-electron chi connectivity index (χ3n) is 3.06. The first-order valence-corrected chi connectivity index (χ1v) is 6.85. The fourth-order valence-corrected chi connectivity index (χ4v) is 2.07. The molecular weight excluding hydrogens is 238 g/mol. The summed E-state index contributed by atoms with van der Waals surface area (Å²) >= 11 is 0. The molecule has 0 unspecified atom stereocenters. The molecule has 1 N–H and O–H groups in total. The van der Waals surface area contributed by atoms with E-state index in [4.69, 9.17) is 0 Å². The van der Waals surface area contributed by atoms with Crippen molar-refractivity contribution >= 4 is 5.69 Å². The van der Waals surface area contributed by atoms with E-state index in [1.165, 1.54) is 0 Å². The molecule has 0 radical (unpaired) electrons. The summed E-state index contributed by atoms with van der Waals surface area (Å²) in [6, 6.07) is 10.1. The molecule has 0 atom stereocenters. The van der Waals surface area contributed by atoms with Crippen LogP contribution >= 0.6 is 0 Å². The number of nitrogens with zero attached hydrogens (tertiary/aromatic N) is 2.